The van der Waals surface area contributed by atoms with Crippen molar-refractivity contribution in [2.24, 2.45) is 0 Å². The van der Waals surface area contributed by atoms with Crippen LogP contribution in [0.1, 0.15) is 30.5 Å². The summed E-state index contributed by atoms with van der Waals surface area (Å²) in [7, 11) is 0.483. The van der Waals surface area contributed by atoms with E-state index in [1.54, 1.807) is 6.07 Å². The van der Waals surface area contributed by atoms with E-state index in [0.717, 1.165) is 11.8 Å². The highest BCUT2D eigenvalue weighted by molar-refractivity contribution is 7.56. The van der Waals surface area contributed by atoms with E-state index in [1.807, 2.05) is 6.07 Å². The van der Waals surface area contributed by atoms with Gasteiger partial charge in [0, 0.05) is 17.9 Å². The zero-order valence-electron chi connectivity index (χ0n) is 13.2. The maximum atomic E-state index is 10.1. The molecule has 0 aliphatic carbocycles. The largest absolute Gasteiger partial charge is 0.507 e. The Morgan fingerprint density at radius 2 is 1.90 bits per heavy atom. The molecule has 21 heavy (non-hydrogen) atoms. The van der Waals surface area contributed by atoms with Crippen LogP contribution < -0.4 is 15.9 Å². The summed E-state index contributed by atoms with van der Waals surface area (Å²) in [6.07, 6.45) is 0. The van der Waals surface area contributed by atoms with Crippen molar-refractivity contribution >= 4 is 19.2 Å². The smallest absolute Gasteiger partial charge is 0.123 e. The molecule has 0 saturated heterocycles. The molecule has 0 saturated carbocycles. The lowest BCUT2D eigenvalue weighted by Gasteiger charge is -2.16. The number of aromatic hydroxyl groups is 1. The van der Waals surface area contributed by atoms with Crippen molar-refractivity contribution in [3.05, 3.63) is 53.1 Å². The first-order valence-electron chi connectivity index (χ1n) is 7.36. The van der Waals surface area contributed by atoms with Crippen molar-refractivity contribution in [3.8, 4) is 5.75 Å². The number of rotatable bonds is 5. The van der Waals surface area contributed by atoms with Crippen LogP contribution in [0.15, 0.2) is 36.4 Å². The fourth-order valence-corrected chi connectivity index (χ4v) is 3.65. The molecule has 1 unspecified atom stereocenters. The Morgan fingerprint density at radius 1 is 1.14 bits per heavy atom. The van der Waals surface area contributed by atoms with Crippen LogP contribution in [0.4, 0.5) is 0 Å². The molecule has 0 bridgehead atoms. The second-order valence-corrected chi connectivity index (χ2v) is 7.08. The molecule has 0 radical (unpaired) electrons. The number of hydrogen-bond acceptors (Lipinski definition) is 2. The SMILES string of the molecule is Cc1ccc(O)c(Pc2c(C)cccc2CNC(C)C)c1. The van der Waals surface area contributed by atoms with E-state index in [4.69, 9.17) is 0 Å². The van der Waals surface area contributed by atoms with Gasteiger partial charge in [-0.05, 0) is 42.4 Å². The van der Waals surface area contributed by atoms with E-state index in [1.165, 1.54) is 22.0 Å². The summed E-state index contributed by atoms with van der Waals surface area (Å²) in [6.45, 7) is 9.39. The molecular weight excluding hydrogens is 277 g/mol. The minimum Gasteiger partial charge on any atom is -0.507 e. The molecule has 1 atom stereocenters. The summed E-state index contributed by atoms with van der Waals surface area (Å²) in [5, 5.41) is 15.9. The predicted molar refractivity (Wildman–Crippen MR) is 93.6 cm³/mol. The Kier molecular flexibility index (Phi) is 5.39. The van der Waals surface area contributed by atoms with Gasteiger partial charge >= 0.3 is 0 Å². The van der Waals surface area contributed by atoms with Gasteiger partial charge in [0.05, 0.1) is 0 Å². The van der Waals surface area contributed by atoms with Gasteiger partial charge in [-0.25, -0.2) is 0 Å². The molecule has 0 amide bonds. The Bertz CT molecular complexity index is 623. The average molecular weight is 301 g/mol. The number of hydrogen-bond donors (Lipinski definition) is 2. The van der Waals surface area contributed by atoms with Gasteiger partial charge in [0.1, 0.15) is 5.75 Å². The van der Waals surface area contributed by atoms with Gasteiger partial charge < -0.3 is 10.4 Å². The van der Waals surface area contributed by atoms with Crippen LogP contribution in [0.25, 0.3) is 0 Å². The minimum atomic E-state index is 0.393. The first-order chi connectivity index (χ1) is 9.97. The maximum absolute atomic E-state index is 10.1. The fraction of sp³-hybridized carbons (Fsp3) is 0.333. The predicted octanol–water partition coefficient (Wildman–Crippen LogP) is 3.14. The normalized spacial score (nSPS) is 11.7. The molecule has 2 aromatic carbocycles. The van der Waals surface area contributed by atoms with Crippen LogP contribution in [0, 0.1) is 13.8 Å². The molecule has 2 N–H and O–H groups in total. The highest BCUT2D eigenvalue weighted by Crippen LogP contribution is 2.22. The van der Waals surface area contributed by atoms with Gasteiger partial charge in [-0.2, -0.15) is 0 Å². The topological polar surface area (TPSA) is 32.3 Å². The van der Waals surface area contributed by atoms with E-state index < -0.39 is 0 Å². The van der Waals surface area contributed by atoms with Gasteiger partial charge in [0.25, 0.3) is 0 Å². The molecule has 0 heterocycles. The Labute approximate surface area is 129 Å². The van der Waals surface area contributed by atoms with Crippen LogP contribution in [0.2, 0.25) is 0 Å². The summed E-state index contributed by atoms with van der Waals surface area (Å²) >= 11 is 0. The van der Waals surface area contributed by atoms with Crippen molar-refractivity contribution in [3.63, 3.8) is 0 Å². The Hall–Kier alpha value is -1.37. The third-order valence-electron chi connectivity index (χ3n) is 3.47. The molecule has 0 aromatic heterocycles. The van der Waals surface area contributed by atoms with Crippen LogP contribution >= 0.6 is 8.58 Å². The monoisotopic (exact) mass is 301 g/mol. The summed E-state index contributed by atoms with van der Waals surface area (Å²) in [4.78, 5) is 0. The molecule has 2 aromatic rings. The third kappa shape index (κ3) is 4.30. The lowest BCUT2D eigenvalue weighted by Crippen LogP contribution is -2.25. The molecule has 3 heteroatoms. The highest BCUT2D eigenvalue weighted by atomic mass is 31.1. The van der Waals surface area contributed by atoms with Gasteiger partial charge in [0.2, 0.25) is 0 Å². The van der Waals surface area contributed by atoms with Gasteiger partial charge in [-0.3, -0.25) is 0 Å². The second kappa shape index (κ2) is 7.06. The number of aryl methyl sites for hydroxylation is 2. The quantitative estimate of drug-likeness (QED) is 0.832. The minimum absolute atomic E-state index is 0.393. The van der Waals surface area contributed by atoms with Crippen molar-refractivity contribution in [1.29, 1.82) is 0 Å². The van der Waals surface area contributed by atoms with E-state index in [-0.39, 0.29) is 0 Å². The second-order valence-electron chi connectivity index (χ2n) is 5.79. The van der Waals surface area contributed by atoms with Crippen LogP contribution in [0.3, 0.4) is 0 Å². The fourth-order valence-electron chi connectivity index (χ4n) is 2.25. The van der Waals surface area contributed by atoms with E-state index in [9.17, 15) is 5.11 Å². The average Bonchev–Trinajstić information content (AvgIpc) is 2.43. The first kappa shape index (κ1) is 16.0. The van der Waals surface area contributed by atoms with Gasteiger partial charge in [-0.1, -0.05) is 52.3 Å². The molecule has 0 spiro atoms. The third-order valence-corrected chi connectivity index (χ3v) is 5.11. The Morgan fingerprint density at radius 3 is 2.62 bits per heavy atom. The molecule has 0 fully saturated rings. The van der Waals surface area contributed by atoms with Gasteiger partial charge in [-0.15, -0.1) is 0 Å². The molecule has 2 rings (SSSR count). The zero-order valence-corrected chi connectivity index (χ0v) is 14.2. The van der Waals surface area contributed by atoms with Crippen LogP contribution in [0.5, 0.6) is 5.75 Å². The zero-order chi connectivity index (χ0) is 15.4. The summed E-state index contributed by atoms with van der Waals surface area (Å²) in [6, 6.07) is 12.7. The molecular formula is C18H24NOP. The van der Waals surface area contributed by atoms with Crippen molar-refractivity contribution in [1.82, 2.24) is 5.32 Å². The maximum Gasteiger partial charge on any atom is 0.123 e. The number of phenolic OH excluding ortho intramolecular Hbond substituents is 1. The lowest BCUT2D eigenvalue weighted by molar-refractivity contribution is 0.479. The summed E-state index contributed by atoms with van der Waals surface area (Å²) < 4.78 is 0. The molecule has 0 aliphatic rings. The standard InChI is InChI=1S/C18H24NOP/c1-12(2)19-11-15-7-5-6-14(4)18(15)21-17-10-13(3)8-9-16(17)20/h5-10,12,19-21H,11H2,1-4H3. The van der Waals surface area contributed by atoms with Crippen LogP contribution in [-0.2, 0) is 6.54 Å². The van der Waals surface area contributed by atoms with Crippen molar-refractivity contribution in [2.45, 2.75) is 40.3 Å². The highest BCUT2D eigenvalue weighted by Gasteiger charge is 2.10. The molecule has 0 aliphatic heterocycles. The van der Waals surface area contributed by atoms with Gasteiger partial charge in [0.15, 0.2) is 0 Å². The molecule has 112 valence electrons. The van der Waals surface area contributed by atoms with Crippen molar-refractivity contribution < 1.29 is 5.11 Å². The first-order valence-corrected chi connectivity index (χ1v) is 8.36. The summed E-state index contributed by atoms with van der Waals surface area (Å²) in [5.41, 5.74) is 3.80. The number of benzene rings is 2. The number of nitrogens with one attached hydrogen (secondary N) is 1. The van der Waals surface area contributed by atoms with Crippen LogP contribution in [-0.4, -0.2) is 11.1 Å². The number of phenols is 1. The van der Waals surface area contributed by atoms with E-state index in [2.05, 4.69) is 57.3 Å². The van der Waals surface area contributed by atoms with E-state index in [0.29, 0.717) is 20.4 Å². The lowest BCUT2D eigenvalue weighted by atomic mass is 10.1. The summed E-state index contributed by atoms with van der Waals surface area (Å²) in [5.74, 6) is 0.393. The van der Waals surface area contributed by atoms with E-state index >= 15 is 0 Å². The Balaban J connectivity index is 2.32. The van der Waals surface area contributed by atoms with Crippen molar-refractivity contribution in [2.75, 3.05) is 0 Å². The molecule has 2 nitrogen and oxygen atoms in total.